The van der Waals surface area contributed by atoms with Gasteiger partial charge >= 0.3 is 31.1 Å². The lowest BCUT2D eigenvalue weighted by molar-refractivity contribution is -0.221. The van der Waals surface area contributed by atoms with Crippen molar-refractivity contribution in [2.75, 3.05) is 57.9 Å². The van der Waals surface area contributed by atoms with Gasteiger partial charge < -0.3 is 40.5 Å². The second-order valence-corrected chi connectivity index (χ2v) is 22.8. The molecule has 19 nitrogen and oxygen atoms in total. The van der Waals surface area contributed by atoms with Crippen molar-refractivity contribution in [2.24, 2.45) is 21.7 Å². The number of hydrogen-bond acceptors (Lipinski definition) is 13. The van der Waals surface area contributed by atoms with Crippen LogP contribution in [0.5, 0.6) is 0 Å². The number of nitrogens with zero attached hydrogens (tertiary/aromatic N) is 6. The van der Waals surface area contributed by atoms with Gasteiger partial charge in [0.05, 0.1) is 66.4 Å². The topological polar surface area (TPSA) is 233 Å². The number of likely N-dealkylation sites (tertiary alicyclic amines) is 1. The van der Waals surface area contributed by atoms with Crippen LogP contribution in [0, 0.1) is 45.1 Å². The van der Waals surface area contributed by atoms with Gasteiger partial charge in [-0.3, -0.25) is 24.7 Å². The molecule has 4 aromatic rings. The van der Waals surface area contributed by atoms with Gasteiger partial charge in [0, 0.05) is 73.9 Å². The number of amides is 4. The molecule has 0 aliphatic carbocycles. The number of Topliss-reactive ketones (excluding diaryl/α,β-unsaturated/α-hetero) is 1. The number of piperidine rings is 2. The minimum absolute atomic E-state index is 0.182. The van der Waals surface area contributed by atoms with Crippen LogP contribution >= 0.6 is 0 Å². The van der Waals surface area contributed by atoms with Crippen molar-refractivity contribution in [2.45, 2.75) is 104 Å². The van der Waals surface area contributed by atoms with E-state index >= 15 is 8.78 Å². The fraction of sp³-hybridized carbons (Fsp3) is 0.509. The van der Waals surface area contributed by atoms with Crippen molar-refractivity contribution >= 4 is 35.6 Å². The molecule has 0 radical (unpaired) electrons. The van der Waals surface area contributed by atoms with Gasteiger partial charge in [-0.1, -0.05) is 24.0 Å². The highest BCUT2D eigenvalue weighted by atomic mass is 19.4. The summed E-state index contributed by atoms with van der Waals surface area (Å²) in [6, 6.07) is 4.05. The number of carboxylic acid groups (broad SMARTS) is 1. The van der Waals surface area contributed by atoms with Gasteiger partial charge in [-0.25, -0.2) is 33.0 Å². The van der Waals surface area contributed by atoms with E-state index in [1.807, 2.05) is 24.6 Å². The molecule has 2 aromatic carbocycles. The van der Waals surface area contributed by atoms with Gasteiger partial charge in [-0.05, 0) is 95.5 Å². The van der Waals surface area contributed by atoms with E-state index < -0.39 is 126 Å². The van der Waals surface area contributed by atoms with Gasteiger partial charge in [0.1, 0.15) is 29.5 Å². The van der Waals surface area contributed by atoms with Crippen molar-refractivity contribution < 1.29 is 87.6 Å². The molecule has 0 saturated carbocycles. The first kappa shape index (κ1) is 64.0. The third-order valence-corrected chi connectivity index (χ3v) is 15.5. The molecule has 2 bridgehead atoms. The van der Waals surface area contributed by atoms with Crippen LogP contribution in [0.25, 0.3) is 11.1 Å². The van der Waals surface area contributed by atoms with Crippen molar-refractivity contribution in [3.63, 3.8) is 0 Å². The number of carbonyl (C=O) groups excluding carboxylic acids is 4. The number of methoxy groups -OCH3 is 1. The highest BCUT2D eigenvalue weighted by Gasteiger charge is 2.59. The number of aliphatic hydroxyl groups is 1. The number of alkyl halides is 8. The van der Waals surface area contributed by atoms with E-state index in [1.54, 1.807) is 18.3 Å². The first-order chi connectivity index (χ1) is 39.0. The lowest BCUT2D eigenvalue weighted by atomic mass is 9.64. The van der Waals surface area contributed by atoms with E-state index in [1.165, 1.54) is 29.6 Å². The van der Waals surface area contributed by atoms with Crippen molar-refractivity contribution in [3.05, 3.63) is 101 Å². The van der Waals surface area contributed by atoms with Gasteiger partial charge in [0.15, 0.2) is 5.78 Å². The first-order valence-electron chi connectivity index (χ1n) is 26.1. The molecule has 0 spiro atoms. The number of fused-ring (bicyclic) bond motifs is 2. The number of hydrogen-bond donors (Lipinski definition) is 6. The largest absolute Gasteiger partial charge is 0.465 e. The standard InChI is InChI=1S/C55H62F10N10O9/c1-50(2,54(60,61)62)42(70-49(82)83-7)44(77)68-39(16-31-11-8-30(9-12-31)10-13-32-14-15-41(66-19-32)73-28-52(5)26-72(35-24-84-25-35)27-53(6,29-73)46(52)79)40(76)23-74(71-45(78)43(69-48(80)81)51(3,4)55(63,64)65)22-36-37(56)17-33(18-38(36)57)34-20-67-75(21-34)47(58)59/h8-9,11-12,14-15,17-21,35,39-40,42-43,47,69,76H,16,22-29H2,1-7H3,(H,68,77)(H,70,82)(H,71,78)(H,80,81)/t39-,40-,42+,43+,52?,53?/m0/s1. The summed E-state index contributed by atoms with van der Waals surface area (Å²) >= 11 is 0. The number of benzene rings is 2. The second kappa shape index (κ2) is 24.6. The maximum atomic E-state index is 16.0. The average Bonchev–Trinajstić information content (AvgIpc) is 0.951. The predicted molar refractivity (Wildman–Crippen MR) is 279 cm³/mol. The molecule has 29 heteroatoms. The highest BCUT2D eigenvalue weighted by Crippen LogP contribution is 2.45. The molecule has 2 unspecified atom stereocenters. The second-order valence-electron chi connectivity index (χ2n) is 22.8. The summed E-state index contributed by atoms with van der Waals surface area (Å²) in [5.74, 6) is 0.595. The molecular formula is C55H62F10N10O9. The molecule has 3 aliphatic rings. The summed E-state index contributed by atoms with van der Waals surface area (Å²) in [6.45, 7) is 3.88. The molecule has 5 heterocycles. The maximum Gasteiger partial charge on any atom is 0.407 e. The van der Waals surface area contributed by atoms with Gasteiger partial charge in [-0.15, -0.1) is 0 Å². The lowest BCUT2D eigenvalue weighted by Gasteiger charge is -2.57. The van der Waals surface area contributed by atoms with E-state index in [4.69, 9.17) is 4.74 Å². The molecule has 456 valence electrons. The third-order valence-electron chi connectivity index (χ3n) is 15.5. The van der Waals surface area contributed by atoms with Crippen LogP contribution in [0.4, 0.5) is 59.3 Å². The Morgan fingerprint density at radius 1 is 0.810 bits per heavy atom. The smallest absolute Gasteiger partial charge is 0.407 e. The van der Waals surface area contributed by atoms with E-state index in [-0.39, 0.29) is 33.2 Å². The molecular weight excluding hydrogens is 1130 g/mol. The number of pyridine rings is 1. The number of halogens is 10. The minimum Gasteiger partial charge on any atom is -0.465 e. The fourth-order valence-electron chi connectivity index (χ4n) is 10.3. The van der Waals surface area contributed by atoms with Gasteiger partial charge in [-0.2, -0.15) is 40.2 Å². The number of ether oxygens (including phenoxy) is 2. The number of rotatable bonds is 19. The minimum atomic E-state index is -5.30. The molecule has 4 amide bonds. The van der Waals surface area contributed by atoms with Crippen molar-refractivity contribution in [1.29, 1.82) is 0 Å². The Labute approximate surface area is 475 Å². The summed E-state index contributed by atoms with van der Waals surface area (Å²) in [7, 11) is 0.804. The molecule has 3 saturated heterocycles. The number of carbonyl (C=O) groups is 5. The number of alkyl carbamates (subject to hydrolysis) is 1. The monoisotopic (exact) mass is 1200 g/mol. The van der Waals surface area contributed by atoms with Gasteiger partial charge in [0.2, 0.25) is 5.91 Å². The summed E-state index contributed by atoms with van der Waals surface area (Å²) in [5, 5.41) is 31.0. The van der Waals surface area contributed by atoms with E-state index in [2.05, 4.69) is 41.8 Å². The fourth-order valence-corrected chi connectivity index (χ4v) is 10.3. The third kappa shape index (κ3) is 14.2. The summed E-state index contributed by atoms with van der Waals surface area (Å²) in [4.78, 5) is 74.9. The van der Waals surface area contributed by atoms with Crippen molar-refractivity contribution in [3.8, 4) is 23.0 Å². The molecule has 2 aromatic heterocycles. The quantitative estimate of drug-likeness (QED) is 0.0330. The number of nitrogens with one attached hydrogen (secondary N) is 4. The lowest BCUT2D eigenvalue weighted by Crippen LogP contribution is -2.71. The zero-order chi connectivity index (χ0) is 62.1. The highest BCUT2D eigenvalue weighted by molar-refractivity contribution is 5.93. The maximum absolute atomic E-state index is 16.0. The number of anilines is 1. The molecule has 3 aliphatic heterocycles. The number of ketones is 1. The van der Waals surface area contributed by atoms with Crippen molar-refractivity contribution in [1.82, 2.24) is 46.0 Å². The Balaban J connectivity index is 1.18. The normalized spacial score (nSPS) is 20.2. The van der Waals surface area contributed by atoms with Crippen LogP contribution in [0.3, 0.4) is 0 Å². The predicted octanol–water partition coefficient (Wildman–Crippen LogP) is 6.59. The van der Waals surface area contributed by atoms with Crippen LogP contribution < -0.4 is 26.3 Å². The molecule has 6 N–H and O–H groups in total. The molecule has 6 atom stereocenters. The van der Waals surface area contributed by atoms with Crippen LogP contribution in [0.15, 0.2) is 67.1 Å². The van der Waals surface area contributed by atoms with E-state index in [0.29, 0.717) is 101 Å². The zero-order valence-corrected chi connectivity index (χ0v) is 46.4. The number of aromatic nitrogens is 3. The van der Waals surface area contributed by atoms with Crippen LogP contribution in [-0.2, 0) is 36.8 Å². The Morgan fingerprint density at radius 3 is 1.86 bits per heavy atom. The van der Waals surface area contributed by atoms with E-state index in [9.17, 15) is 69.3 Å². The van der Waals surface area contributed by atoms with Crippen LogP contribution in [0.1, 0.15) is 70.3 Å². The zero-order valence-electron chi connectivity index (χ0n) is 46.4. The number of aliphatic hydroxyl groups excluding tert-OH is 1. The van der Waals surface area contributed by atoms with Crippen LogP contribution in [-0.4, -0.2) is 160 Å². The Bertz CT molecular complexity index is 3100. The van der Waals surface area contributed by atoms with E-state index in [0.717, 1.165) is 19.5 Å². The van der Waals surface area contributed by atoms with Gasteiger partial charge in [0.25, 0.3) is 5.91 Å². The summed E-state index contributed by atoms with van der Waals surface area (Å²) < 4.78 is 156. The Kier molecular flexibility index (Phi) is 18.7. The average molecular weight is 1200 g/mol. The summed E-state index contributed by atoms with van der Waals surface area (Å²) in [5.41, 5.74) is -5.94. The first-order valence-corrected chi connectivity index (χ1v) is 26.1. The SMILES string of the molecule is COC(=O)N[C@H](C(=O)N[C@@H](Cc1ccc(C#Cc2ccc(N3CC4(C)CN(C5COC5)CC(C)(C3)C4=O)nc2)cc1)[C@@H](O)CN(Cc1c(F)cc(-c2cnn(C(F)F)c2)cc1F)NC(=O)[C@@H](NC(=O)O)C(C)(C)C(F)(F)F)C(C)(C)C(F)(F)F. The number of hydrazine groups is 1. The Morgan fingerprint density at radius 2 is 1.37 bits per heavy atom. The molecule has 84 heavy (non-hydrogen) atoms. The Hall–Kier alpha value is -7.55. The molecule has 7 rings (SSSR count). The molecule has 3 fully saturated rings. The summed E-state index contributed by atoms with van der Waals surface area (Å²) in [6.07, 6.45) is -13.6. The van der Waals surface area contributed by atoms with Crippen LogP contribution in [0.2, 0.25) is 0 Å².